The van der Waals surface area contributed by atoms with Crippen molar-refractivity contribution in [2.45, 2.75) is 26.3 Å². The Morgan fingerprint density at radius 1 is 1.20 bits per heavy atom. The molecule has 1 unspecified atom stereocenters. The average molecular weight is 358 g/mol. The maximum Gasteiger partial charge on any atom is 0.241 e. The van der Waals surface area contributed by atoms with Gasteiger partial charge in [-0.2, -0.15) is 0 Å². The number of amides is 1. The molecule has 1 fully saturated rings. The van der Waals surface area contributed by atoms with Gasteiger partial charge in [0.1, 0.15) is 0 Å². The third-order valence-electron chi connectivity index (χ3n) is 4.87. The van der Waals surface area contributed by atoms with E-state index >= 15 is 0 Å². The number of nitrogens with zero attached hydrogens (tertiary/aromatic N) is 2. The molecule has 134 valence electrons. The van der Waals surface area contributed by atoms with Crippen molar-refractivity contribution in [3.8, 4) is 0 Å². The van der Waals surface area contributed by atoms with Gasteiger partial charge < -0.3 is 10.2 Å². The summed E-state index contributed by atoms with van der Waals surface area (Å²) in [6.45, 7) is 9.12. The number of piperazine rings is 1. The average Bonchev–Trinajstić information content (AvgIpc) is 3.13. The Morgan fingerprint density at radius 2 is 2.00 bits per heavy atom. The van der Waals surface area contributed by atoms with Crippen LogP contribution in [0.15, 0.2) is 41.8 Å². The molecule has 1 aromatic heterocycles. The number of anilines is 1. The Hall–Kier alpha value is -1.69. The van der Waals surface area contributed by atoms with E-state index in [4.69, 9.17) is 0 Å². The fourth-order valence-electron chi connectivity index (χ4n) is 3.23. The molecule has 0 radical (unpaired) electrons. The van der Waals surface area contributed by atoms with E-state index in [0.29, 0.717) is 0 Å². The maximum atomic E-state index is 12.5. The van der Waals surface area contributed by atoms with Gasteiger partial charge in [-0.1, -0.05) is 18.2 Å². The lowest BCUT2D eigenvalue weighted by Gasteiger charge is -2.37. The van der Waals surface area contributed by atoms with Gasteiger partial charge in [0, 0.05) is 43.3 Å². The standard InChI is InChI=1S/C20H27N3OS/c1-16-5-3-6-18(15-16)21-20(24)17(2)23-12-10-22(11-13-23)9-8-19-7-4-14-25-19/h3-7,14-15,17H,8-13H2,1-2H3,(H,21,24). The quantitative estimate of drug-likeness (QED) is 0.862. The van der Waals surface area contributed by atoms with Gasteiger partial charge in [0.15, 0.2) is 0 Å². The molecular weight excluding hydrogens is 330 g/mol. The van der Waals surface area contributed by atoms with Gasteiger partial charge >= 0.3 is 0 Å². The van der Waals surface area contributed by atoms with E-state index in [2.05, 4.69) is 32.6 Å². The second-order valence-corrected chi connectivity index (χ2v) is 7.77. The van der Waals surface area contributed by atoms with Crippen LogP contribution in [0.5, 0.6) is 0 Å². The van der Waals surface area contributed by atoms with Crippen LogP contribution in [0.4, 0.5) is 5.69 Å². The molecule has 0 bridgehead atoms. The zero-order valence-electron chi connectivity index (χ0n) is 15.1. The van der Waals surface area contributed by atoms with Crippen molar-refractivity contribution >= 4 is 22.9 Å². The number of hydrogen-bond donors (Lipinski definition) is 1. The van der Waals surface area contributed by atoms with Gasteiger partial charge in [0.2, 0.25) is 5.91 Å². The normalized spacial score (nSPS) is 17.4. The van der Waals surface area contributed by atoms with Crippen LogP contribution in [0.3, 0.4) is 0 Å². The molecule has 1 atom stereocenters. The van der Waals surface area contributed by atoms with E-state index < -0.39 is 0 Å². The van der Waals surface area contributed by atoms with Gasteiger partial charge in [0.05, 0.1) is 6.04 Å². The minimum absolute atomic E-state index is 0.0811. The highest BCUT2D eigenvalue weighted by molar-refractivity contribution is 7.09. The number of thiophene rings is 1. The Labute approximate surface area is 154 Å². The highest BCUT2D eigenvalue weighted by Gasteiger charge is 2.25. The summed E-state index contributed by atoms with van der Waals surface area (Å²) in [5.74, 6) is 0.0811. The van der Waals surface area contributed by atoms with E-state index in [9.17, 15) is 4.79 Å². The van der Waals surface area contributed by atoms with Crippen LogP contribution in [-0.2, 0) is 11.2 Å². The number of hydrogen-bond acceptors (Lipinski definition) is 4. The third-order valence-corrected chi connectivity index (χ3v) is 5.81. The number of rotatable bonds is 6. The molecule has 4 nitrogen and oxygen atoms in total. The molecule has 1 amide bonds. The Bertz CT molecular complexity index is 678. The summed E-state index contributed by atoms with van der Waals surface area (Å²) in [5, 5.41) is 5.18. The molecule has 1 aromatic carbocycles. The minimum atomic E-state index is -0.0973. The van der Waals surface area contributed by atoms with Crippen molar-refractivity contribution in [3.05, 3.63) is 52.2 Å². The summed E-state index contributed by atoms with van der Waals surface area (Å²) >= 11 is 1.83. The molecule has 5 heteroatoms. The van der Waals surface area contributed by atoms with Crippen LogP contribution in [-0.4, -0.2) is 54.5 Å². The number of benzene rings is 1. The molecule has 1 aliphatic heterocycles. The maximum absolute atomic E-state index is 12.5. The van der Waals surface area contributed by atoms with E-state index in [1.807, 2.05) is 49.4 Å². The van der Waals surface area contributed by atoms with Gasteiger partial charge in [-0.25, -0.2) is 0 Å². The van der Waals surface area contributed by atoms with E-state index in [-0.39, 0.29) is 11.9 Å². The zero-order valence-corrected chi connectivity index (χ0v) is 15.9. The SMILES string of the molecule is Cc1cccc(NC(=O)C(C)N2CCN(CCc3cccs3)CC2)c1. The fraction of sp³-hybridized carbons (Fsp3) is 0.450. The van der Waals surface area contributed by atoms with Crippen molar-refractivity contribution < 1.29 is 4.79 Å². The number of nitrogens with one attached hydrogen (secondary N) is 1. The molecule has 0 spiro atoms. The molecular formula is C20H27N3OS. The summed E-state index contributed by atoms with van der Waals surface area (Å²) < 4.78 is 0. The van der Waals surface area contributed by atoms with Crippen LogP contribution < -0.4 is 5.32 Å². The largest absolute Gasteiger partial charge is 0.325 e. The summed E-state index contributed by atoms with van der Waals surface area (Å²) in [4.78, 5) is 18.8. The van der Waals surface area contributed by atoms with Crippen LogP contribution >= 0.6 is 11.3 Å². The van der Waals surface area contributed by atoms with Crippen LogP contribution in [0.2, 0.25) is 0 Å². The Morgan fingerprint density at radius 3 is 2.68 bits per heavy atom. The van der Waals surface area contributed by atoms with Gasteiger partial charge in [-0.05, 0) is 49.4 Å². The van der Waals surface area contributed by atoms with Crippen molar-refractivity contribution in [3.63, 3.8) is 0 Å². The summed E-state index contributed by atoms with van der Waals surface area (Å²) in [5.41, 5.74) is 2.04. The Balaban J connectivity index is 1.44. The molecule has 1 aliphatic rings. The topological polar surface area (TPSA) is 35.6 Å². The summed E-state index contributed by atoms with van der Waals surface area (Å²) in [6, 6.07) is 12.2. The van der Waals surface area contributed by atoms with Gasteiger partial charge in [0.25, 0.3) is 0 Å². The van der Waals surface area contributed by atoms with E-state index in [1.165, 1.54) is 4.88 Å². The highest BCUT2D eigenvalue weighted by atomic mass is 32.1. The lowest BCUT2D eigenvalue weighted by atomic mass is 10.2. The lowest BCUT2D eigenvalue weighted by molar-refractivity contribution is -0.121. The highest BCUT2D eigenvalue weighted by Crippen LogP contribution is 2.14. The van der Waals surface area contributed by atoms with Crippen LogP contribution in [0.1, 0.15) is 17.4 Å². The predicted molar refractivity (Wildman–Crippen MR) is 105 cm³/mol. The fourth-order valence-corrected chi connectivity index (χ4v) is 3.93. The molecule has 2 heterocycles. The molecule has 25 heavy (non-hydrogen) atoms. The predicted octanol–water partition coefficient (Wildman–Crippen LogP) is 3.24. The summed E-state index contributed by atoms with van der Waals surface area (Å²) in [6.07, 6.45) is 1.13. The number of carbonyl (C=O) groups is 1. The number of carbonyl (C=O) groups excluding carboxylic acids is 1. The minimum Gasteiger partial charge on any atom is -0.325 e. The van der Waals surface area contributed by atoms with Crippen molar-refractivity contribution in [2.75, 3.05) is 38.0 Å². The molecule has 2 aromatic rings. The van der Waals surface area contributed by atoms with Gasteiger partial charge in [-0.15, -0.1) is 11.3 Å². The molecule has 1 saturated heterocycles. The lowest BCUT2D eigenvalue weighted by Crippen LogP contribution is -2.53. The first-order chi connectivity index (χ1) is 12.1. The smallest absolute Gasteiger partial charge is 0.241 e. The molecule has 0 saturated carbocycles. The van der Waals surface area contributed by atoms with Crippen LogP contribution in [0, 0.1) is 6.92 Å². The van der Waals surface area contributed by atoms with Crippen molar-refractivity contribution in [1.82, 2.24) is 9.80 Å². The first-order valence-electron chi connectivity index (χ1n) is 8.98. The molecule has 3 rings (SSSR count). The second kappa shape index (κ2) is 8.61. The second-order valence-electron chi connectivity index (χ2n) is 6.74. The van der Waals surface area contributed by atoms with Crippen LogP contribution in [0.25, 0.3) is 0 Å². The van der Waals surface area contributed by atoms with E-state index in [0.717, 1.165) is 50.4 Å². The number of aryl methyl sites for hydroxylation is 1. The zero-order chi connectivity index (χ0) is 17.6. The summed E-state index contributed by atoms with van der Waals surface area (Å²) in [7, 11) is 0. The first kappa shape index (κ1) is 18.1. The van der Waals surface area contributed by atoms with Crippen molar-refractivity contribution in [2.24, 2.45) is 0 Å². The monoisotopic (exact) mass is 357 g/mol. The first-order valence-corrected chi connectivity index (χ1v) is 9.86. The molecule has 0 aliphatic carbocycles. The Kier molecular flexibility index (Phi) is 6.24. The molecule has 1 N–H and O–H groups in total. The van der Waals surface area contributed by atoms with Gasteiger partial charge in [-0.3, -0.25) is 9.69 Å². The van der Waals surface area contributed by atoms with E-state index in [1.54, 1.807) is 0 Å². The third kappa shape index (κ3) is 5.14. The van der Waals surface area contributed by atoms with Crippen molar-refractivity contribution in [1.29, 1.82) is 0 Å².